The topological polar surface area (TPSA) is 52.3 Å². The minimum Gasteiger partial charge on any atom is -0.461 e. The van der Waals surface area contributed by atoms with Crippen molar-refractivity contribution in [2.45, 2.75) is 71.9 Å². The van der Waals surface area contributed by atoms with Gasteiger partial charge in [0.25, 0.3) is 0 Å². The second-order valence-corrected chi connectivity index (χ2v) is 6.93. The van der Waals surface area contributed by atoms with Crippen LogP contribution in [0.4, 0.5) is 0 Å². The van der Waals surface area contributed by atoms with Crippen molar-refractivity contribution in [3.05, 3.63) is 0 Å². The summed E-state index contributed by atoms with van der Waals surface area (Å²) >= 11 is 0. The van der Waals surface area contributed by atoms with Crippen LogP contribution in [0.2, 0.25) is 0 Å². The molecule has 3 heteroatoms. The van der Waals surface area contributed by atoms with E-state index in [9.17, 15) is 4.79 Å². The summed E-state index contributed by atoms with van der Waals surface area (Å²) in [6.07, 6.45) is 5.18. The number of rotatable bonds is 4. The number of carbonyl (C=O) groups excluding carboxylic acids is 1. The Morgan fingerprint density at radius 2 is 2.11 bits per heavy atom. The van der Waals surface area contributed by atoms with Crippen molar-refractivity contribution in [1.29, 1.82) is 0 Å². The minimum atomic E-state index is -0.444. The minimum absolute atomic E-state index is 0.0710. The summed E-state index contributed by atoms with van der Waals surface area (Å²) in [7, 11) is 0. The number of carbonyl (C=O) groups is 1. The van der Waals surface area contributed by atoms with Crippen molar-refractivity contribution >= 4 is 5.97 Å². The molecule has 2 aliphatic rings. The SMILES string of the molecule is CCC[C@@H](N)C(=O)OC1CC2CCC1(C)C2(C)C. The van der Waals surface area contributed by atoms with Crippen LogP contribution in [0.1, 0.15) is 59.8 Å². The fourth-order valence-corrected chi connectivity index (χ4v) is 3.96. The highest BCUT2D eigenvalue weighted by atomic mass is 16.5. The molecule has 0 aliphatic heterocycles. The lowest BCUT2D eigenvalue weighted by molar-refractivity contribution is -0.158. The molecule has 0 spiro atoms. The van der Waals surface area contributed by atoms with Crippen LogP contribution >= 0.6 is 0 Å². The highest BCUT2D eigenvalue weighted by Crippen LogP contribution is 2.66. The van der Waals surface area contributed by atoms with Crippen molar-refractivity contribution in [1.82, 2.24) is 0 Å². The van der Waals surface area contributed by atoms with E-state index < -0.39 is 6.04 Å². The molecule has 2 saturated carbocycles. The first-order valence-corrected chi connectivity index (χ1v) is 7.29. The molecule has 0 aromatic heterocycles. The molecule has 2 rings (SSSR count). The number of ether oxygens (including phenoxy) is 1. The molecule has 0 amide bonds. The number of esters is 1. The maximum Gasteiger partial charge on any atom is 0.323 e. The highest BCUT2D eigenvalue weighted by Gasteiger charge is 2.62. The molecule has 0 heterocycles. The Morgan fingerprint density at radius 1 is 1.44 bits per heavy atom. The zero-order valence-corrected chi connectivity index (χ0v) is 12.2. The Kier molecular flexibility index (Phi) is 3.48. The maximum atomic E-state index is 12.0. The van der Waals surface area contributed by atoms with Gasteiger partial charge in [0.2, 0.25) is 0 Å². The van der Waals surface area contributed by atoms with Gasteiger partial charge in [-0.15, -0.1) is 0 Å². The largest absolute Gasteiger partial charge is 0.461 e. The summed E-state index contributed by atoms with van der Waals surface area (Å²) in [5.41, 5.74) is 6.26. The first-order chi connectivity index (χ1) is 8.33. The molecule has 18 heavy (non-hydrogen) atoms. The number of hydrogen-bond donors (Lipinski definition) is 1. The molecule has 0 aromatic rings. The molecule has 0 aromatic carbocycles. The highest BCUT2D eigenvalue weighted by molar-refractivity contribution is 5.75. The van der Waals surface area contributed by atoms with E-state index in [1.54, 1.807) is 0 Å². The Hall–Kier alpha value is -0.570. The summed E-state index contributed by atoms with van der Waals surface area (Å²) in [5.74, 6) is 0.495. The molecular formula is C15H27NO2. The Balaban J connectivity index is 2.03. The Morgan fingerprint density at radius 3 is 2.56 bits per heavy atom. The van der Waals surface area contributed by atoms with Crippen LogP contribution in [0.3, 0.4) is 0 Å². The van der Waals surface area contributed by atoms with Crippen LogP contribution in [0, 0.1) is 16.7 Å². The first kappa shape index (κ1) is 13.9. The third-order valence-electron chi connectivity index (χ3n) is 5.87. The van der Waals surface area contributed by atoms with E-state index in [1.165, 1.54) is 12.8 Å². The molecule has 2 bridgehead atoms. The van der Waals surface area contributed by atoms with E-state index in [2.05, 4.69) is 20.8 Å². The van der Waals surface area contributed by atoms with Gasteiger partial charge in [-0.1, -0.05) is 34.1 Å². The van der Waals surface area contributed by atoms with Gasteiger partial charge < -0.3 is 10.5 Å². The van der Waals surface area contributed by atoms with Crippen LogP contribution in [-0.2, 0) is 9.53 Å². The van der Waals surface area contributed by atoms with Crippen LogP contribution < -0.4 is 5.73 Å². The van der Waals surface area contributed by atoms with E-state index >= 15 is 0 Å². The maximum absolute atomic E-state index is 12.0. The van der Waals surface area contributed by atoms with Crippen molar-refractivity contribution in [3.63, 3.8) is 0 Å². The van der Waals surface area contributed by atoms with Crippen molar-refractivity contribution in [2.75, 3.05) is 0 Å². The summed E-state index contributed by atoms with van der Waals surface area (Å²) < 4.78 is 5.73. The molecular weight excluding hydrogens is 226 g/mol. The van der Waals surface area contributed by atoms with E-state index in [-0.39, 0.29) is 22.9 Å². The van der Waals surface area contributed by atoms with Crippen LogP contribution in [0.25, 0.3) is 0 Å². The number of nitrogens with two attached hydrogens (primary N) is 1. The lowest BCUT2D eigenvalue weighted by atomic mass is 9.70. The molecule has 2 aliphatic carbocycles. The molecule has 3 nitrogen and oxygen atoms in total. The van der Waals surface area contributed by atoms with Crippen LogP contribution in [0.15, 0.2) is 0 Å². The zero-order valence-electron chi connectivity index (χ0n) is 12.2. The lowest BCUT2D eigenvalue weighted by Crippen LogP contribution is -2.42. The zero-order chi connectivity index (χ0) is 13.6. The number of fused-ring (bicyclic) bond motifs is 2. The molecule has 0 radical (unpaired) electrons. The van der Waals surface area contributed by atoms with Gasteiger partial charge in [-0.3, -0.25) is 4.79 Å². The van der Waals surface area contributed by atoms with Crippen LogP contribution in [0.5, 0.6) is 0 Å². The van der Waals surface area contributed by atoms with E-state index in [4.69, 9.17) is 10.5 Å². The number of hydrogen-bond acceptors (Lipinski definition) is 3. The third kappa shape index (κ3) is 1.87. The molecule has 2 fully saturated rings. The van der Waals surface area contributed by atoms with Gasteiger partial charge in [0.05, 0.1) is 0 Å². The Bertz CT molecular complexity index is 339. The first-order valence-electron chi connectivity index (χ1n) is 7.29. The second kappa shape index (κ2) is 4.52. The van der Waals surface area contributed by atoms with Gasteiger partial charge in [0.1, 0.15) is 12.1 Å². The lowest BCUT2D eigenvalue weighted by Gasteiger charge is -2.38. The van der Waals surface area contributed by atoms with Crippen molar-refractivity contribution in [2.24, 2.45) is 22.5 Å². The Labute approximate surface area is 110 Å². The predicted molar refractivity (Wildman–Crippen MR) is 72.0 cm³/mol. The van der Waals surface area contributed by atoms with Gasteiger partial charge in [0, 0.05) is 5.41 Å². The monoisotopic (exact) mass is 253 g/mol. The summed E-state index contributed by atoms with van der Waals surface area (Å²) in [6, 6.07) is -0.444. The molecule has 0 saturated heterocycles. The van der Waals surface area contributed by atoms with E-state index in [0.717, 1.165) is 19.3 Å². The van der Waals surface area contributed by atoms with Gasteiger partial charge in [-0.2, -0.15) is 0 Å². The third-order valence-corrected chi connectivity index (χ3v) is 5.87. The molecule has 104 valence electrons. The fraction of sp³-hybridized carbons (Fsp3) is 0.933. The van der Waals surface area contributed by atoms with Crippen molar-refractivity contribution in [3.8, 4) is 0 Å². The van der Waals surface area contributed by atoms with E-state index in [0.29, 0.717) is 5.92 Å². The predicted octanol–water partition coefficient (Wildman–Crippen LogP) is 2.87. The molecule has 4 atom stereocenters. The van der Waals surface area contributed by atoms with Gasteiger partial charge in [-0.25, -0.2) is 0 Å². The average Bonchev–Trinajstić information content (AvgIpc) is 2.62. The van der Waals surface area contributed by atoms with Crippen LogP contribution in [-0.4, -0.2) is 18.1 Å². The summed E-state index contributed by atoms with van der Waals surface area (Å²) in [4.78, 5) is 12.0. The summed E-state index contributed by atoms with van der Waals surface area (Å²) in [6.45, 7) is 8.97. The molecule has 2 N–H and O–H groups in total. The van der Waals surface area contributed by atoms with Gasteiger partial charge in [-0.05, 0) is 37.0 Å². The second-order valence-electron chi connectivity index (χ2n) is 6.93. The van der Waals surface area contributed by atoms with Gasteiger partial charge >= 0.3 is 5.97 Å². The normalized spacial score (nSPS) is 38.7. The quantitative estimate of drug-likeness (QED) is 0.784. The standard InChI is InChI=1S/C15H27NO2/c1-5-6-11(16)13(17)18-12-9-10-7-8-15(12,4)14(10,2)3/h10-12H,5-9,16H2,1-4H3/t10?,11-,12?,15?/m1/s1. The average molecular weight is 253 g/mol. The van der Waals surface area contributed by atoms with Gasteiger partial charge in [0.15, 0.2) is 0 Å². The summed E-state index contributed by atoms with van der Waals surface area (Å²) in [5, 5.41) is 0. The fourth-order valence-electron chi connectivity index (χ4n) is 3.96. The smallest absolute Gasteiger partial charge is 0.323 e. The molecule has 3 unspecified atom stereocenters. The van der Waals surface area contributed by atoms with Crippen molar-refractivity contribution < 1.29 is 9.53 Å². The van der Waals surface area contributed by atoms with E-state index in [1.807, 2.05) is 6.92 Å².